The molecule has 3 N–H and O–H groups in total. The van der Waals surface area contributed by atoms with E-state index < -0.39 is 0 Å². The Hall–Kier alpha value is -2.23. The summed E-state index contributed by atoms with van der Waals surface area (Å²) in [5, 5.41) is 5.97. The van der Waals surface area contributed by atoms with Crippen molar-refractivity contribution < 1.29 is 0 Å². The molecule has 0 radical (unpaired) electrons. The molecule has 0 saturated carbocycles. The monoisotopic (exact) mass is 199 g/mol. The van der Waals surface area contributed by atoms with Gasteiger partial charge in [-0.2, -0.15) is 0 Å². The number of benzene rings is 1. The van der Waals surface area contributed by atoms with Gasteiger partial charge in [-0.25, -0.2) is 0 Å². The van der Waals surface area contributed by atoms with Crippen LogP contribution in [0.3, 0.4) is 0 Å². The van der Waals surface area contributed by atoms with Gasteiger partial charge in [0.05, 0.1) is 5.39 Å². The number of aromatic nitrogens is 3. The summed E-state index contributed by atoms with van der Waals surface area (Å²) in [5.41, 5.74) is 2.66. The Morgan fingerprint density at radius 3 is 2.53 bits per heavy atom. The third-order valence-corrected chi connectivity index (χ3v) is 2.45. The maximum absolute atomic E-state index is 11.3. The first-order valence-electron chi connectivity index (χ1n) is 4.69. The minimum Gasteiger partial charge on any atom is -0.340 e. The summed E-state index contributed by atoms with van der Waals surface area (Å²) >= 11 is 0. The van der Waals surface area contributed by atoms with Crippen molar-refractivity contribution >= 4 is 11.0 Å². The lowest BCUT2D eigenvalue weighted by molar-refractivity contribution is 1.06. The molecule has 74 valence electrons. The van der Waals surface area contributed by atoms with Crippen LogP contribution in [0.5, 0.6) is 0 Å². The average Bonchev–Trinajstić information content (AvgIpc) is 2.83. The van der Waals surface area contributed by atoms with E-state index in [1.165, 1.54) is 0 Å². The van der Waals surface area contributed by atoms with Crippen molar-refractivity contribution in [3.8, 4) is 11.3 Å². The Morgan fingerprint density at radius 1 is 1.00 bits per heavy atom. The van der Waals surface area contributed by atoms with Crippen LogP contribution >= 0.6 is 0 Å². The van der Waals surface area contributed by atoms with Gasteiger partial charge in [-0.1, -0.05) is 30.3 Å². The molecule has 0 unspecified atom stereocenters. The molecule has 1 aromatic carbocycles. The molecule has 3 rings (SSSR count). The SMILES string of the molecule is O=c1[nH][nH]c2[nH]c(-c3ccccc3)cc12. The molecule has 0 spiro atoms. The van der Waals surface area contributed by atoms with Crippen molar-refractivity contribution in [2.24, 2.45) is 0 Å². The first-order chi connectivity index (χ1) is 7.34. The van der Waals surface area contributed by atoms with Crippen LogP contribution in [0, 0.1) is 0 Å². The van der Waals surface area contributed by atoms with Gasteiger partial charge in [0.15, 0.2) is 0 Å². The summed E-state index contributed by atoms with van der Waals surface area (Å²) in [6.07, 6.45) is 0. The number of H-pyrrole nitrogens is 3. The molecule has 0 bridgehead atoms. The fraction of sp³-hybridized carbons (Fsp3) is 0. The normalized spacial score (nSPS) is 10.9. The molecule has 0 fully saturated rings. The quantitative estimate of drug-likeness (QED) is 0.550. The van der Waals surface area contributed by atoms with Crippen molar-refractivity contribution in [3.63, 3.8) is 0 Å². The lowest BCUT2D eigenvalue weighted by Gasteiger charge is -1.94. The summed E-state index contributed by atoms with van der Waals surface area (Å²) in [4.78, 5) is 14.5. The maximum atomic E-state index is 11.3. The Kier molecular flexibility index (Phi) is 1.56. The molecule has 0 amide bonds. The number of hydrogen-bond donors (Lipinski definition) is 3. The molecule has 0 aliphatic carbocycles. The molecule has 2 heterocycles. The van der Waals surface area contributed by atoms with Crippen molar-refractivity contribution in [1.29, 1.82) is 0 Å². The summed E-state index contributed by atoms with van der Waals surface area (Å²) in [7, 11) is 0. The van der Waals surface area contributed by atoms with Gasteiger partial charge in [-0.3, -0.25) is 15.0 Å². The van der Waals surface area contributed by atoms with Gasteiger partial charge >= 0.3 is 0 Å². The van der Waals surface area contributed by atoms with Crippen molar-refractivity contribution in [3.05, 3.63) is 46.8 Å². The molecule has 0 aliphatic rings. The molecule has 15 heavy (non-hydrogen) atoms. The predicted octanol–water partition coefficient (Wildman–Crippen LogP) is 1.85. The summed E-state index contributed by atoms with van der Waals surface area (Å²) in [5.74, 6) is 0. The van der Waals surface area contributed by atoms with E-state index in [4.69, 9.17) is 0 Å². The largest absolute Gasteiger partial charge is 0.340 e. The van der Waals surface area contributed by atoms with Crippen molar-refractivity contribution in [2.45, 2.75) is 0 Å². The number of rotatable bonds is 1. The van der Waals surface area contributed by atoms with E-state index in [2.05, 4.69) is 15.2 Å². The van der Waals surface area contributed by atoms with Crippen LogP contribution in [0.25, 0.3) is 22.3 Å². The first kappa shape index (κ1) is 8.11. The molecule has 4 heteroatoms. The molecular formula is C11H9N3O. The summed E-state index contributed by atoms with van der Waals surface area (Å²) in [6.45, 7) is 0. The van der Waals surface area contributed by atoms with Crippen LogP contribution in [-0.4, -0.2) is 15.2 Å². The van der Waals surface area contributed by atoms with Crippen molar-refractivity contribution in [1.82, 2.24) is 15.2 Å². The average molecular weight is 199 g/mol. The van der Waals surface area contributed by atoms with Crippen LogP contribution < -0.4 is 5.56 Å². The van der Waals surface area contributed by atoms with Crippen molar-refractivity contribution in [2.75, 3.05) is 0 Å². The predicted molar refractivity (Wildman–Crippen MR) is 58.7 cm³/mol. The van der Waals surface area contributed by atoms with Crippen LogP contribution in [0.1, 0.15) is 0 Å². The number of aromatic amines is 3. The van der Waals surface area contributed by atoms with Gasteiger partial charge in [-0.05, 0) is 11.6 Å². The van der Waals surface area contributed by atoms with E-state index in [-0.39, 0.29) is 5.56 Å². The highest BCUT2D eigenvalue weighted by molar-refractivity contribution is 5.82. The van der Waals surface area contributed by atoms with E-state index in [9.17, 15) is 4.79 Å². The summed E-state index contributed by atoms with van der Waals surface area (Å²) < 4.78 is 0. The van der Waals surface area contributed by atoms with Gasteiger partial charge in [0, 0.05) is 5.69 Å². The number of nitrogens with one attached hydrogen (secondary N) is 3. The van der Waals surface area contributed by atoms with Crippen LogP contribution in [-0.2, 0) is 0 Å². The zero-order valence-corrected chi connectivity index (χ0v) is 7.87. The third kappa shape index (κ3) is 1.19. The topological polar surface area (TPSA) is 64.4 Å². The molecule has 3 aromatic rings. The Balaban J connectivity index is 2.25. The highest BCUT2D eigenvalue weighted by atomic mass is 16.1. The number of fused-ring (bicyclic) bond motifs is 1. The zero-order valence-electron chi connectivity index (χ0n) is 7.87. The second-order valence-electron chi connectivity index (χ2n) is 3.42. The fourth-order valence-corrected chi connectivity index (χ4v) is 1.69. The molecule has 4 nitrogen and oxygen atoms in total. The van der Waals surface area contributed by atoms with Gasteiger partial charge in [0.25, 0.3) is 5.56 Å². The molecule has 0 atom stereocenters. The van der Waals surface area contributed by atoms with E-state index in [1.807, 2.05) is 36.4 Å². The second-order valence-corrected chi connectivity index (χ2v) is 3.42. The standard InChI is InChI=1S/C11H9N3O/c15-11-8-6-9(12-10(8)13-14-11)7-4-2-1-3-5-7/h1-6H,(H3,12,13,14,15). The van der Waals surface area contributed by atoms with Crippen LogP contribution in [0.4, 0.5) is 0 Å². The summed E-state index contributed by atoms with van der Waals surface area (Å²) in [6, 6.07) is 11.7. The Morgan fingerprint density at radius 2 is 1.80 bits per heavy atom. The Bertz CT molecular complexity index is 645. The Labute approximate surface area is 84.9 Å². The van der Waals surface area contributed by atoms with Crippen LogP contribution in [0.15, 0.2) is 41.2 Å². The second kappa shape index (κ2) is 2.88. The van der Waals surface area contributed by atoms with E-state index in [0.29, 0.717) is 5.39 Å². The zero-order chi connectivity index (χ0) is 10.3. The molecule has 0 saturated heterocycles. The maximum Gasteiger partial charge on any atom is 0.273 e. The molecule has 0 aliphatic heterocycles. The van der Waals surface area contributed by atoms with Gasteiger partial charge in [0.2, 0.25) is 0 Å². The van der Waals surface area contributed by atoms with Gasteiger partial charge < -0.3 is 4.98 Å². The minimum atomic E-state index is -0.0940. The van der Waals surface area contributed by atoms with Crippen LogP contribution in [0.2, 0.25) is 0 Å². The smallest absolute Gasteiger partial charge is 0.273 e. The fourth-order valence-electron chi connectivity index (χ4n) is 1.69. The van der Waals surface area contributed by atoms with E-state index in [0.717, 1.165) is 16.9 Å². The lowest BCUT2D eigenvalue weighted by Crippen LogP contribution is -1.96. The van der Waals surface area contributed by atoms with Gasteiger partial charge in [0.1, 0.15) is 5.65 Å². The third-order valence-electron chi connectivity index (χ3n) is 2.45. The highest BCUT2D eigenvalue weighted by Gasteiger charge is 2.06. The molecular weight excluding hydrogens is 190 g/mol. The number of hydrogen-bond acceptors (Lipinski definition) is 1. The minimum absolute atomic E-state index is 0.0940. The lowest BCUT2D eigenvalue weighted by atomic mass is 10.1. The molecule has 2 aromatic heterocycles. The van der Waals surface area contributed by atoms with Gasteiger partial charge in [-0.15, -0.1) is 0 Å². The van der Waals surface area contributed by atoms with E-state index in [1.54, 1.807) is 0 Å². The van der Waals surface area contributed by atoms with E-state index >= 15 is 0 Å². The highest BCUT2D eigenvalue weighted by Crippen LogP contribution is 2.20. The first-order valence-corrected chi connectivity index (χ1v) is 4.69.